The van der Waals surface area contributed by atoms with E-state index in [2.05, 4.69) is 37.9 Å². The van der Waals surface area contributed by atoms with E-state index in [0.29, 0.717) is 30.8 Å². The van der Waals surface area contributed by atoms with E-state index in [9.17, 15) is 9.59 Å². The lowest BCUT2D eigenvalue weighted by molar-refractivity contribution is -0.131. The molecular weight excluding hydrogens is 388 g/mol. The Hall–Kier alpha value is -1.73. The molecule has 1 rings (SSSR count). The lowest BCUT2D eigenvalue weighted by Crippen LogP contribution is -2.50. The van der Waals surface area contributed by atoms with Gasteiger partial charge in [0.1, 0.15) is 11.4 Å². The summed E-state index contributed by atoms with van der Waals surface area (Å²) in [4.78, 5) is 25.8. The monoisotopic (exact) mass is 426 g/mol. The van der Waals surface area contributed by atoms with Crippen LogP contribution in [0.1, 0.15) is 61.0 Å². The Morgan fingerprint density at radius 3 is 1.97 bits per heavy atom. The van der Waals surface area contributed by atoms with Crippen molar-refractivity contribution in [3.63, 3.8) is 0 Å². The maximum Gasteiger partial charge on any atom is 0.407 e. The maximum atomic E-state index is 12.3. The molecule has 0 aliphatic carbocycles. The van der Waals surface area contributed by atoms with Gasteiger partial charge in [-0.3, -0.25) is 9.69 Å². The number of alkyl carbamates (subject to hydrolysis) is 1. The highest BCUT2D eigenvalue weighted by Crippen LogP contribution is 2.16. The van der Waals surface area contributed by atoms with E-state index in [1.165, 1.54) is 6.92 Å². The summed E-state index contributed by atoms with van der Waals surface area (Å²) in [7, 11) is 0. The van der Waals surface area contributed by atoms with Gasteiger partial charge < -0.3 is 14.8 Å². The summed E-state index contributed by atoms with van der Waals surface area (Å²) in [6, 6.07) is 7.96. The van der Waals surface area contributed by atoms with Crippen molar-refractivity contribution in [3.8, 4) is 5.75 Å². The fourth-order valence-electron chi connectivity index (χ4n) is 3.05. The van der Waals surface area contributed by atoms with Crippen molar-refractivity contribution < 1.29 is 19.1 Å². The van der Waals surface area contributed by atoms with Crippen LogP contribution < -0.4 is 10.1 Å². The van der Waals surface area contributed by atoms with Crippen LogP contribution in [0.25, 0.3) is 0 Å². The first-order chi connectivity index (χ1) is 12.9. The van der Waals surface area contributed by atoms with Gasteiger partial charge in [0, 0.05) is 31.6 Å². The third-order valence-electron chi connectivity index (χ3n) is 4.15. The molecular formula is C22H38N2O4S. The summed E-state index contributed by atoms with van der Waals surface area (Å²) in [5, 5.41) is 3.02. The second-order valence-corrected chi connectivity index (χ2v) is 8.67. The number of ether oxygens (including phenoxy) is 2. The highest BCUT2D eigenvalue weighted by molar-refractivity contribution is 7.59. The molecule has 1 aromatic carbocycles. The lowest BCUT2D eigenvalue weighted by atomic mass is 10.0. The van der Waals surface area contributed by atoms with Gasteiger partial charge in [0.2, 0.25) is 0 Å². The van der Waals surface area contributed by atoms with Crippen LogP contribution in [0.5, 0.6) is 5.75 Å². The minimum Gasteiger partial charge on any atom is -0.444 e. The van der Waals surface area contributed by atoms with Gasteiger partial charge in [0.25, 0.3) is 0 Å². The van der Waals surface area contributed by atoms with Gasteiger partial charge in [-0.1, -0.05) is 12.1 Å². The molecule has 0 aliphatic heterocycles. The zero-order valence-electron chi connectivity index (χ0n) is 19.0. The Morgan fingerprint density at radius 2 is 1.55 bits per heavy atom. The minimum absolute atomic E-state index is 0. The van der Waals surface area contributed by atoms with Crippen molar-refractivity contribution in [2.45, 2.75) is 85.5 Å². The van der Waals surface area contributed by atoms with Gasteiger partial charge in [-0.15, -0.1) is 0 Å². The Labute approximate surface area is 182 Å². The van der Waals surface area contributed by atoms with E-state index in [0.717, 1.165) is 5.56 Å². The zero-order valence-corrected chi connectivity index (χ0v) is 20.0. The highest BCUT2D eigenvalue weighted by atomic mass is 32.1. The second-order valence-electron chi connectivity index (χ2n) is 8.67. The van der Waals surface area contributed by atoms with Gasteiger partial charge in [-0.2, -0.15) is 13.5 Å². The van der Waals surface area contributed by atoms with E-state index in [-0.39, 0.29) is 25.5 Å². The molecule has 0 bridgehead atoms. The number of benzene rings is 1. The molecule has 1 aromatic rings. The third kappa shape index (κ3) is 11.1. The van der Waals surface area contributed by atoms with Gasteiger partial charge in [0.05, 0.1) is 0 Å². The van der Waals surface area contributed by atoms with Crippen LogP contribution in [-0.2, 0) is 16.0 Å². The molecule has 0 saturated heterocycles. The molecule has 0 saturated carbocycles. The molecule has 0 spiro atoms. The highest BCUT2D eigenvalue weighted by Gasteiger charge is 2.24. The molecule has 0 heterocycles. The van der Waals surface area contributed by atoms with Crippen molar-refractivity contribution in [3.05, 3.63) is 29.8 Å². The van der Waals surface area contributed by atoms with E-state index in [4.69, 9.17) is 9.47 Å². The molecule has 7 heteroatoms. The molecule has 0 aliphatic rings. The Kier molecular flexibility index (Phi) is 11.4. The van der Waals surface area contributed by atoms with Gasteiger partial charge in [0.15, 0.2) is 0 Å². The topological polar surface area (TPSA) is 67.9 Å². The summed E-state index contributed by atoms with van der Waals surface area (Å²) in [5.74, 6) is 0.167. The quantitative estimate of drug-likeness (QED) is 0.496. The Balaban J connectivity index is 0.00000784. The lowest BCUT2D eigenvalue weighted by Gasteiger charge is -2.34. The first kappa shape index (κ1) is 27.3. The number of esters is 1. The van der Waals surface area contributed by atoms with Crippen LogP contribution in [0.2, 0.25) is 0 Å². The van der Waals surface area contributed by atoms with Crippen LogP contribution in [0.4, 0.5) is 4.79 Å². The van der Waals surface area contributed by atoms with Gasteiger partial charge in [-0.25, -0.2) is 4.79 Å². The number of amides is 1. The predicted octanol–water partition coefficient (Wildman–Crippen LogP) is 4.28. The standard InChI is InChI=1S/C22H36N2O4.H2S/c1-15(2)24(16(3)4)14-19(23-21(26)28-22(6,7)8)13-18-9-11-20(12-10-18)27-17(5)25;/h9-12,15-16,19H,13-14H2,1-8H3,(H,23,26);1H2/t19-;/m0./s1. The second kappa shape index (κ2) is 12.1. The normalized spacial score (nSPS) is 12.5. The Bertz CT molecular complexity index is 631. The molecule has 29 heavy (non-hydrogen) atoms. The number of hydrogen-bond donors (Lipinski definition) is 1. The molecule has 0 unspecified atom stereocenters. The van der Waals surface area contributed by atoms with Crippen molar-refractivity contribution in [1.82, 2.24) is 10.2 Å². The summed E-state index contributed by atoms with van der Waals surface area (Å²) < 4.78 is 10.5. The largest absolute Gasteiger partial charge is 0.444 e. The van der Waals surface area contributed by atoms with E-state index in [1.807, 2.05) is 32.9 Å². The average molecular weight is 427 g/mol. The van der Waals surface area contributed by atoms with Crippen LogP contribution in [-0.4, -0.2) is 47.2 Å². The molecule has 166 valence electrons. The molecule has 1 amide bonds. The van der Waals surface area contributed by atoms with E-state index >= 15 is 0 Å². The molecule has 1 N–H and O–H groups in total. The molecule has 0 fully saturated rings. The SMILES string of the molecule is CC(=O)Oc1ccc(C[C@@H](CN(C(C)C)C(C)C)NC(=O)OC(C)(C)C)cc1.S. The molecule has 0 aromatic heterocycles. The first-order valence-electron chi connectivity index (χ1n) is 9.90. The maximum absolute atomic E-state index is 12.3. The number of hydrogen-bond acceptors (Lipinski definition) is 5. The summed E-state index contributed by atoms with van der Waals surface area (Å²) >= 11 is 0. The Morgan fingerprint density at radius 1 is 1.03 bits per heavy atom. The zero-order chi connectivity index (χ0) is 21.5. The predicted molar refractivity (Wildman–Crippen MR) is 122 cm³/mol. The van der Waals surface area contributed by atoms with Crippen LogP contribution in [0, 0.1) is 0 Å². The average Bonchev–Trinajstić information content (AvgIpc) is 2.51. The first-order valence-corrected chi connectivity index (χ1v) is 9.90. The molecule has 1 atom stereocenters. The molecule has 6 nitrogen and oxygen atoms in total. The summed E-state index contributed by atoms with van der Waals surface area (Å²) in [5.41, 5.74) is 0.500. The van der Waals surface area contributed by atoms with E-state index < -0.39 is 11.7 Å². The fourth-order valence-corrected chi connectivity index (χ4v) is 3.05. The van der Waals surface area contributed by atoms with Crippen molar-refractivity contribution in [2.24, 2.45) is 0 Å². The summed E-state index contributed by atoms with van der Waals surface area (Å²) in [6.45, 7) is 16.2. The number of carbonyl (C=O) groups is 2. The van der Waals surface area contributed by atoms with Crippen LogP contribution in [0.15, 0.2) is 24.3 Å². The number of rotatable bonds is 8. The number of nitrogens with one attached hydrogen (secondary N) is 1. The van der Waals surface area contributed by atoms with Gasteiger partial charge in [-0.05, 0) is 72.6 Å². The minimum atomic E-state index is -0.546. The smallest absolute Gasteiger partial charge is 0.407 e. The molecule has 0 radical (unpaired) electrons. The fraction of sp³-hybridized carbons (Fsp3) is 0.636. The third-order valence-corrected chi connectivity index (χ3v) is 4.15. The van der Waals surface area contributed by atoms with Crippen molar-refractivity contribution in [2.75, 3.05) is 6.54 Å². The van der Waals surface area contributed by atoms with Gasteiger partial charge >= 0.3 is 12.1 Å². The van der Waals surface area contributed by atoms with Crippen molar-refractivity contribution in [1.29, 1.82) is 0 Å². The van der Waals surface area contributed by atoms with Crippen LogP contribution >= 0.6 is 13.5 Å². The van der Waals surface area contributed by atoms with E-state index in [1.54, 1.807) is 12.1 Å². The number of nitrogens with zero attached hydrogens (tertiary/aromatic N) is 1. The summed E-state index contributed by atoms with van der Waals surface area (Å²) in [6.07, 6.45) is 0.233. The van der Waals surface area contributed by atoms with Crippen LogP contribution in [0.3, 0.4) is 0 Å². The number of carbonyl (C=O) groups excluding carboxylic acids is 2. The van der Waals surface area contributed by atoms with Crippen molar-refractivity contribution >= 4 is 25.6 Å².